The molecule has 8 nitrogen and oxygen atoms in total. The molecule has 186 valence electrons. The number of unbranched alkanes of at least 4 members (excludes halogenated alkanes) is 1. The van der Waals surface area contributed by atoms with E-state index in [2.05, 4.69) is 26.0 Å². The lowest BCUT2D eigenvalue weighted by Crippen LogP contribution is -2.53. The number of carbonyl (C=O) groups excluding carboxylic acids is 2. The highest BCUT2D eigenvalue weighted by Gasteiger charge is 2.35. The Morgan fingerprint density at radius 1 is 1.21 bits per heavy atom. The highest BCUT2D eigenvalue weighted by Crippen LogP contribution is 2.20. The number of nitrogens with zero attached hydrogens (tertiary/aromatic N) is 1. The number of carbonyl (C=O) groups is 2. The molecule has 1 fully saturated rings. The molecule has 1 aromatic carbocycles. The molecule has 1 aliphatic rings. The fourth-order valence-electron chi connectivity index (χ4n) is 3.72. The maximum atomic E-state index is 13.5. The Hall–Kier alpha value is -1.65. The Labute approximate surface area is 206 Å². The molecule has 2 rings (SSSR count). The normalized spacial score (nSPS) is 17.6. The number of halogens is 1. The average molecular weight is 547 g/mol. The summed E-state index contributed by atoms with van der Waals surface area (Å²) < 4.78 is 32.6. The van der Waals surface area contributed by atoms with Gasteiger partial charge in [0.15, 0.2) is 0 Å². The number of nitrogens with one attached hydrogen (secondary N) is 2. The quantitative estimate of drug-likeness (QED) is 0.328. The van der Waals surface area contributed by atoms with Crippen molar-refractivity contribution in [2.75, 3.05) is 24.2 Å². The Morgan fingerprint density at radius 3 is 2.55 bits per heavy atom. The van der Waals surface area contributed by atoms with Gasteiger partial charge in [-0.15, -0.1) is 0 Å². The van der Waals surface area contributed by atoms with Crippen LogP contribution in [0.2, 0.25) is 0 Å². The maximum Gasteiger partial charge on any atom is 0.408 e. The summed E-state index contributed by atoms with van der Waals surface area (Å²) in [6.07, 6.45) is 2.52. The van der Waals surface area contributed by atoms with Gasteiger partial charge in [0.1, 0.15) is 11.6 Å². The largest absolute Gasteiger partial charge is 0.444 e. The van der Waals surface area contributed by atoms with E-state index in [1.807, 2.05) is 30.3 Å². The molecule has 2 atom stereocenters. The number of hydrogen-bond acceptors (Lipinski definition) is 5. The first-order chi connectivity index (χ1) is 15.5. The number of likely N-dealkylation sites (tertiary alicyclic amines) is 1. The number of alkyl halides is 1. The molecule has 1 aliphatic heterocycles. The van der Waals surface area contributed by atoms with Crippen LogP contribution >= 0.6 is 15.9 Å². The van der Waals surface area contributed by atoms with Crippen molar-refractivity contribution < 1.29 is 22.7 Å². The second kappa shape index (κ2) is 12.7. The predicted octanol–water partition coefficient (Wildman–Crippen LogP) is 3.21. The molecule has 0 unspecified atom stereocenters. The number of rotatable bonds is 11. The molecular weight excluding hydrogens is 510 g/mol. The molecule has 0 bridgehead atoms. The molecule has 0 spiro atoms. The zero-order valence-electron chi connectivity index (χ0n) is 19.7. The Kier molecular flexibility index (Phi) is 10.6. The highest BCUT2D eigenvalue weighted by atomic mass is 79.9. The Morgan fingerprint density at radius 2 is 1.91 bits per heavy atom. The van der Waals surface area contributed by atoms with E-state index in [-0.39, 0.29) is 24.2 Å². The van der Waals surface area contributed by atoms with Crippen LogP contribution in [0.1, 0.15) is 52.0 Å². The number of ether oxygens (including phenoxy) is 1. The minimum Gasteiger partial charge on any atom is -0.444 e. The van der Waals surface area contributed by atoms with Crippen molar-refractivity contribution in [3.63, 3.8) is 0 Å². The number of alkyl carbamates (subject to hydrolysis) is 1. The summed E-state index contributed by atoms with van der Waals surface area (Å²) in [4.78, 5) is 27.6. The Bertz CT molecular complexity index is 874. The molecule has 1 aromatic rings. The maximum absolute atomic E-state index is 13.5. The second-order valence-electron chi connectivity index (χ2n) is 9.28. The van der Waals surface area contributed by atoms with Gasteiger partial charge in [0.2, 0.25) is 15.9 Å². The third kappa shape index (κ3) is 10.0. The zero-order valence-corrected chi connectivity index (χ0v) is 22.1. The first kappa shape index (κ1) is 27.6. The summed E-state index contributed by atoms with van der Waals surface area (Å²) in [6, 6.07) is 8.41. The summed E-state index contributed by atoms with van der Waals surface area (Å²) in [6.45, 7) is 5.99. The van der Waals surface area contributed by atoms with Crippen LogP contribution < -0.4 is 10.0 Å². The molecule has 33 heavy (non-hydrogen) atoms. The third-order valence-electron chi connectivity index (χ3n) is 5.27. The van der Waals surface area contributed by atoms with Crippen LogP contribution in [0.5, 0.6) is 0 Å². The van der Waals surface area contributed by atoms with Crippen LogP contribution in [0, 0.1) is 0 Å². The van der Waals surface area contributed by atoms with Crippen LogP contribution in [0.15, 0.2) is 30.3 Å². The average Bonchev–Trinajstić information content (AvgIpc) is 3.19. The standard InChI is InChI=1S/C23H36BrN3O5S/c1-23(2,3)32-22(29)26-20(16-18-10-5-4-6-11-18)21(28)27-14-9-12-19(27)17-25-33(30,31)15-8-7-13-24/h4-6,10-11,19-20,25H,7-9,12-17H2,1-3H3,(H,26,29)/t19-,20+/m0/s1. The molecule has 10 heteroatoms. The molecule has 2 N–H and O–H groups in total. The van der Waals surface area contributed by atoms with Crippen molar-refractivity contribution in [3.8, 4) is 0 Å². The van der Waals surface area contributed by atoms with Gasteiger partial charge in [-0.25, -0.2) is 17.9 Å². The van der Waals surface area contributed by atoms with Crippen LogP contribution in [0.4, 0.5) is 4.79 Å². The van der Waals surface area contributed by atoms with Crippen molar-refractivity contribution in [2.45, 2.75) is 70.6 Å². The van der Waals surface area contributed by atoms with E-state index in [1.165, 1.54) is 0 Å². The molecule has 2 amide bonds. The lowest BCUT2D eigenvalue weighted by Gasteiger charge is -2.30. The Balaban J connectivity index is 2.08. The molecular formula is C23H36BrN3O5S. The summed E-state index contributed by atoms with van der Waals surface area (Å²) in [7, 11) is -3.40. The van der Waals surface area contributed by atoms with Crippen molar-refractivity contribution in [1.82, 2.24) is 14.9 Å². The summed E-state index contributed by atoms with van der Waals surface area (Å²) in [5.74, 6) is -0.165. The first-order valence-corrected chi connectivity index (χ1v) is 14.2. The van der Waals surface area contributed by atoms with E-state index in [4.69, 9.17) is 4.74 Å². The van der Waals surface area contributed by atoms with E-state index in [9.17, 15) is 18.0 Å². The van der Waals surface area contributed by atoms with Gasteiger partial charge in [-0.2, -0.15) is 0 Å². The molecule has 1 heterocycles. The zero-order chi connectivity index (χ0) is 24.5. The van der Waals surface area contributed by atoms with E-state index < -0.39 is 27.8 Å². The molecule has 0 aliphatic carbocycles. The van der Waals surface area contributed by atoms with E-state index >= 15 is 0 Å². The van der Waals surface area contributed by atoms with Crippen LogP contribution in [0.3, 0.4) is 0 Å². The summed E-state index contributed by atoms with van der Waals surface area (Å²) in [5.41, 5.74) is 0.225. The molecule has 0 radical (unpaired) electrons. The summed E-state index contributed by atoms with van der Waals surface area (Å²) >= 11 is 3.31. The highest BCUT2D eigenvalue weighted by molar-refractivity contribution is 9.09. The first-order valence-electron chi connectivity index (χ1n) is 11.4. The van der Waals surface area contributed by atoms with Crippen molar-refractivity contribution in [1.29, 1.82) is 0 Å². The van der Waals surface area contributed by atoms with E-state index in [1.54, 1.807) is 25.7 Å². The van der Waals surface area contributed by atoms with E-state index in [0.29, 0.717) is 25.8 Å². The van der Waals surface area contributed by atoms with E-state index in [0.717, 1.165) is 23.7 Å². The molecule has 1 saturated heterocycles. The van der Waals surface area contributed by atoms with Gasteiger partial charge in [0, 0.05) is 30.9 Å². The second-order valence-corrected chi connectivity index (χ2v) is 12.0. The minimum atomic E-state index is -3.40. The SMILES string of the molecule is CC(C)(C)OC(=O)N[C@H](Cc1ccccc1)C(=O)N1CCC[C@H]1CNS(=O)(=O)CCCCBr. The fraction of sp³-hybridized carbons (Fsp3) is 0.652. The number of benzene rings is 1. The molecule has 0 saturated carbocycles. The van der Waals surface area contributed by atoms with Gasteiger partial charge >= 0.3 is 6.09 Å². The van der Waals surface area contributed by atoms with Crippen LogP contribution in [-0.2, 0) is 26.0 Å². The van der Waals surface area contributed by atoms with Gasteiger partial charge in [-0.05, 0) is 52.0 Å². The van der Waals surface area contributed by atoms with Crippen LogP contribution in [0.25, 0.3) is 0 Å². The van der Waals surface area contributed by atoms with Crippen molar-refractivity contribution in [3.05, 3.63) is 35.9 Å². The smallest absolute Gasteiger partial charge is 0.408 e. The number of amides is 2. The van der Waals surface area contributed by atoms with Gasteiger partial charge < -0.3 is 15.0 Å². The topological polar surface area (TPSA) is 105 Å². The predicted molar refractivity (Wildman–Crippen MR) is 133 cm³/mol. The van der Waals surface area contributed by atoms with Gasteiger partial charge in [0.05, 0.1) is 5.75 Å². The van der Waals surface area contributed by atoms with Crippen LogP contribution in [-0.4, -0.2) is 67.2 Å². The van der Waals surface area contributed by atoms with Gasteiger partial charge in [0.25, 0.3) is 0 Å². The van der Waals surface area contributed by atoms with Gasteiger partial charge in [-0.1, -0.05) is 46.3 Å². The van der Waals surface area contributed by atoms with Crippen molar-refractivity contribution in [2.24, 2.45) is 0 Å². The lowest BCUT2D eigenvalue weighted by atomic mass is 10.0. The monoisotopic (exact) mass is 545 g/mol. The minimum absolute atomic E-state index is 0.0656. The summed E-state index contributed by atoms with van der Waals surface area (Å²) in [5, 5.41) is 3.50. The van der Waals surface area contributed by atoms with Crippen molar-refractivity contribution >= 4 is 38.0 Å². The fourth-order valence-corrected chi connectivity index (χ4v) is 5.29. The number of sulfonamides is 1. The third-order valence-corrected chi connectivity index (χ3v) is 7.26. The molecule has 0 aromatic heterocycles. The lowest BCUT2D eigenvalue weighted by molar-refractivity contribution is -0.134. The van der Waals surface area contributed by atoms with Gasteiger partial charge in [-0.3, -0.25) is 4.79 Å². The number of hydrogen-bond donors (Lipinski definition) is 2.